The summed E-state index contributed by atoms with van der Waals surface area (Å²) in [5, 5.41) is 3.95. The topological polar surface area (TPSA) is 131 Å². The molecule has 174 valence electrons. The highest BCUT2D eigenvalue weighted by Gasteiger charge is 2.36. The molecule has 0 bridgehead atoms. The molecule has 0 aliphatic heterocycles. The summed E-state index contributed by atoms with van der Waals surface area (Å²) in [6.07, 6.45) is 5.33. The number of nitrogens with one attached hydrogen (secondary N) is 2. The smallest absolute Gasteiger partial charge is 0.245 e. The van der Waals surface area contributed by atoms with Gasteiger partial charge in [-0.15, -0.1) is 11.3 Å². The molecule has 9 nitrogen and oxygen atoms in total. The van der Waals surface area contributed by atoms with E-state index in [1.807, 2.05) is 26.0 Å². The third-order valence-electron chi connectivity index (χ3n) is 5.43. The number of aromatic nitrogens is 3. The fraction of sp³-hybridized carbons (Fsp3) is 0.409. The van der Waals surface area contributed by atoms with Crippen molar-refractivity contribution in [3.8, 4) is 11.1 Å². The van der Waals surface area contributed by atoms with Crippen LogP contribution in [0.2, 0.25) is 0 Å². The number of sulfone groups is 1. The molecule has 1 fully saturated rings. The summed E-state index contributed by atoms with van der Waals surface area (Å²) in [5.41, 5.74) is 3.30. The minimum atomic E-state index is -3.81. The zero-order chi connectivity index (χ0) is 23.8. The zero-order valence-electron chi connectivity index (χ0n) is 18.6. The standard InChI is InChI=1S/C22H25N5O4S2/c1-4-33(30,31)20(21(29)25-11-19(28)26-15-5-6-15)22-27-17-7-12(2)16(8-18(17)32-22)14-9-23-13(3)24-10-14/h7-10,15,20H,4-6,11H2,1-3H3,(H,25,29)(H,26,28). The Labute approximate surface area is 196 Å². The van der Waals surface area contributed by atoms with Crippen molar-refractivity contribution < 1.29 is 18.0 Å². The monoisotopic (exact) mass is 487 g/mol. The average molecular weight is 488 g/mol. The van der Waals surface area contributed by atoms with Gasteiger partial charge in [0.25, 0.3) is 0 Å². The van der Waals surface area contributed by atoms with Crippen LogP contribution in [0.5, 0.6) is 0 Å². The predicted molar refractivity (Wildman–Crippen MR) is 126 cm³/mol. The van der Waals surface area contributed by atoms with E-state index in [-0.39, 0.29) is 29.3 Å². The minimum Gasteiger partial charge on any atom is -0.352 e. The highest BCUT2D eigenvalue weighted by atomic mass is 32.2. The van der Waals surface area contributed by atoms with E-state index >= 15 is 0 Å². The second kappa shape index (κ2) is 9.14. The summed E-state index contributed by atoms with van der Waals surface area (Å²) < 4.78 is 26.4. The van der Waals surface area contributed by atoms with E-state index in [1.165, 1.54) is 6.92 Å². The molecule has 2 aromatic heterocycles. The van der Waals surface area contributed by atoms with E-state index in [0.717, 1.165) is 45.6 Å². The predicted octanol–water partition coefficient (Wildman–Crippen LogP) is 2.24. The van der Waals surface area contributed by atoms with Gasteiger partial charge in [-0.1, -0.05) is 6.92 Å². The maximum absolute atomic E-state index is 12.9. The second-order valence-electron chi connectivity index (χ2n) is 8.10. The molecule has 33 heavy (non-hydrogen) atoms. The molecule has 0 radical (unpaired) electrons. The molecule has 0 spiro atoms. The Balaban J connectivity index is 1.65. The SMILES string of the molecule is CCS(=O)(=O)C(C(=O)NCC(=O)NC1CC1)c1nc2cc(C)c(-c3cnc(C)nc3)cc2s1. The normalized spacial score (nSPS) is 14.8. The number of aryl methyl sites for hydroxylation is 2. The van der Waals surface area contributed by atoms with Gasteiger partial charge in [-0.3, -0.25) is 9.59 Å². The molecular weight excluding hydrogens is 462 g/mol. The van der Waals surface area contributed by atoms with Crippen molar-refractivity contribution in [1.82, 2.24) is 25.6 Å². The number of hydrogen-bond donors (Lipinski definition) is 2. The first-order valence-corrected chi connectivity index (χ1v) is 13.2. The zero-order valence-corrected chi connectivity index (χ0v) is 20.2. The molecule has 1 unspecified atom stereocenters. The van der Waals surface area contributed by atoms with Crippen molar-refractivity contribution >= 4 is 43.2 Å². The van der Waals surface area contributed by atoms with E-state index in [4.69, 9.17) is 0 Å². The van der Waals surface area contributed by atoms with Crippen LogP contribution in [0.1, 0.15) is 41.4 Å². The Morgan fingerprint density at radius 2 is 1.88 bits per heavy atom. The summed E-state index contributed by atoms with van der Waals surface area (Å²) >= 11 is 1.16. The number of nitrogens with zero attached hydrogens (tertiary/aromatic N) is 3. The van der Waals surface area contributed by atoms with Gasteiger partial charge in [0.15, 0.2) is 15.1 Å². The molecule has 0 saturated heterocycles. The lowest BCUT2D eigenvalue weighted by atomic mass is 10.0. The quantitative estimate of drug-likeness (QED) is 0.498. The van der Waals surface area contributed by atoms with Gasteiger partial charge in [0, 0.05) is 29.8 Å². The minimum absolute atomic E-state index is 0.158. The van der Waals surface area contributed by atoms with Crippen LogP contribution in [0.3, 0.4) is 0 Å². The second-order valence-corrected chi connectivity index (χ2v) is 11.5. The van der Waals surface area contributed by atoms with Gasteiger partial charge >= 0.3 is 0 Å². The summed E-state index contributed by atoms with van der Waals surface area (Å²) in [6, 6.07) is 3.93. The van der Waals surface area contributed by atoms with Crippen molar-refractivity contribution in [1.29, 1.82) is 0 Å². The van der Waals surface area contributed by atoms with Crippen LogP contribution in [-0.4, -0.2) is 53.5 Å². The van der Waals surface area contributed by atoms with Crippen molar-refractivity contribution in [3.63, 3.8) is 0 Å². The van der Waals surface area contributed by atoms with Crippen LogP contribution < -0.4 is 10.6 Å². The van der Waals surface area contributed by atoms with Crippen LogP contribution in [0, 0.1) is 13.8 Å². The van der Waals surface area contributed by atoms with Crippen molar-refractivity contribution in [2.75, 3.05) is 12.3 Å². The Bertz CT molecular complexity index is 1310. The first kappa shape index (κ1) is 23.2. The summed E-state index contributed by atoms with van der Waals surface area (Å²) in [6.45, 7) is 4.96. The highest BCUT2D eigenvalue weighted by molar-refractivity contribution is 7.92. The molecule has 2 amide bonds. The van der Waals surface area contributed by atoms with E-state index in [1.54, 1.807) is 12.4 Å². The van der Waals surface area contributed by atoms with Crippen LogP contribution in [0.15, 0.2) is 24.5 Å². The lowest BCUT2D eigenvalue weighted by Gasteiger charge is -2.14. The number of carbonyl (C=O) groups excluding carboxylic acids is 2. The first-order chi connectivity index (χ1) is 15.7. The lowest BCUT2D eigenvalue weighted by Crippen LogP contribution is -2.41. The first-order valence-electron chi connectivity index (χ1n) is 10.7. The van der Waals surface area contributed by atoms with Gasteiger partial charge in [-0.05, 0) is 49.9 Å². The van der Waals surface area contributed by atoms with Crippen LogP contribution in [0.25, 0.3) is 21.3 Å². The molecular formula is C22H25N5O4S2. The van der Waals surface area contributed by atoms with E-state index in [0.29, 0.717) is 11.3 Å². The number of amides is 2. The number of fused-ring (bicyclic) bond motifs is 1. The van der Waals surface area contributed by atoms with E-state index < -0.39 is 21.0 Å². The van der Waals surface area contributed by atoms with E-state index in [2.05, 4.69) is 25.6 Å². The van der Waals surface area contributed by atoms with Crippen molar-refractivity contribution in [3.05, 3.63) is 40.9 Å². The average Bonchev–Trinajstić information content (AvgIpc) is 3.50. The molecule has 3 aromatic rings. The molecule has 1 aromatic carbocycles. The third kappa shape index (κ3) is 5.19. The Morgan fingerprint density at radius 1 is 1.18 bits per heavy atom. The molecule has 2 heterocycles. The Morgan fingerprint density at radius 3 is 2.52 bits per heavy atom. The van der Waals surface area contributed by atoms with Gasteiger partial charge in [0.2, 0.25) is 11.8 Å². The number of hydrogen-bond acceptors (Lipinski definition) is 8. The third-order valence-corrected chi connectivity index (χ3v) is 8.63. The highest BCUT2D eigenvalue weighted by Crippen LogP contribution is 2.35. The van der Waals surface area contributed by atoms with Crippen molar-refractivity contribution in [2.45, 2.75) is 44.9 Å². The van der Waals surface area contributed by atoms with Gasteiger partial charge in [-0.25, -0.2) is 23.4 Å². The maximum atomic E-state index is 12.9. The molecule has 1 saturated carbocycles. The molecule has 2 N–H and O–H groups in total. The van der Waals surface area contributed by atoms with Crippen LogP contribution in [0.4, 0.5) is 0 Å². The fourth-order valence-corrected chi connectivity index (χ4v) is 6.07. The number of rotatable bonds is 8. The summed E-state index contributed by atoms with van der Waals surface area (Å²) in [4.78, 5) is 37.8. The fourth-order valence-electron chi connectivity index (χ4n) is 3.41. The van der Waals surface area contributed by atoms with E-state index in [9.17, 15) is 18.0 Å². The van der Waals surface area contributed by atoms with Crippen LogP contribution >= 0.6 is 11.3 Å². The van der Waals surface area contributed by atoms with Gasteiger partial charge in [0.1, 0.15) is 10.8 Å². The molecule has 1 aliphatic carbocycles. The molecule has 4 rings (SSSR count). The van der Waals surface area contributed by atoms with Crippen molar-refractivity contribution in [2.24, 2.45) is 0 Å². The van der Waals surface area contributed by atoms with Gasteiger partial charge in [-0.2, -0.15) is 0 Å². The largest absolute Gasteiger partial charge is 0.352 e. The number of benzene rings is 1. The Kier molecular flexibility index (Phi) is 6.44. The maximum Gasteiger partial charge on any atom is 0.245 e. The Hall–Kier alpha value is -2.92. The molecule has 1 atom stereocenters. The van der Waals surface area contributed by atoms with Gasteiger partial charge in [0.05, 0.1) is 16.8 Å². The summed E-state index contributed by atoms with van der Waals surface area (Å²) in [7, 11) is -3.81. The number of thiazole rings is 1. The van der Waals surface area contributed by atoms with Gasteiger partial charge < -0.3 is 10.6 Å². The van der Waals surface area contributed by atoms with Crippen LogP contribution in [-0.2, 0) is 19.4 Å². The molecule has 1 aliphatic rings. The summed E-state index contributed by atoms with van der Waals surface area (Å²) in [5.74, 6) is -0.628. The lowest BCUT2D eigenvalue weighted by molar-refractivity contribution is -0.126. The molecule has 11 heteroatoms. The number of carbonyl (C=O) groups is 2.